The predicted octanol–water partition coefficient (Wildman–Crippen LogP) is 2.86. The van der Waals surface area contributed by atoms with Crippen molar-refractivity contribution in [3.05, 3.63) is 58.9 Å². The maximum Gasteiger partial charge on any atom is 0.144 e. The van der Waals surface area contributed by atoms with Gasteiger partial charge >= 0.3 is 0 Å². The van der Waals surface area contributed by atoms with Crippen molar-refractivity contribution in [2.75, 3.05) is 0 Å². The average Bonchev–Trinajstić information content (AvgIpc) is 2.97. The van der Waals surface area contributed by atoms with Gasteiger partial charge in [-0.1, -0.05) is 19.1 Å². The van der Waals surface area contributed by atoms with Crippen molar-refractivity contribution in [2.24, 2.45) is 0 Å². The lowest BCUT2D eigenvalue weighted by Crippen LogP contribution is -2.06. The molecule has 0 amide bonds. The Morgan fingerprint density at radius 1 is 1.17 bits per heavy atom. The first kappa shape index (κ1) is 16.2. The van der Waals surface area contributed by atoms with E-state index in [0.29, 0.717) is 16.8 Å². The van der Waals surface area contributed by atoms with Crippen LogP contribution >= 0.6 is 0 Å². The molecule has 0 atom stereocenters. The van der Waals surface area contributed by atoms with Gasteiger partial charge in [0.1, 0.15) is 10.7 Å². The highest BCUT2D eigenvalue weighted by molar-refractivity contribution is 7.71. The first-order valence-corrected chi connectivity index (χ1v) is 9.03. The summed E-state index contributed by atoms with van der Waals surface area (Å²) in [4.78, 5) is 0. The Kier molecular flexibility index (Phi) is 4.36. The molecule has 0 fully saturated rings. The molecule has 0 aliphatic rings. The molecular weight excluding hydrogens is 322 g/mol. The first-order chi connectivity index (χ1) is 11.5. The van der Waals surface area contributed by atoms with Gasteiger partial charge in [-0.2, -0.15) is 10.4 Å². The molecule has 0 radical (unpaired) electrons. The molecule has 0 saturated heterocycles. The van der Waals surface area contributed by atoms with E-state index in [4.69, 9.17) is 5.26 Å². The molecule has 0 spiro atoms. The Labute approximate surface area is 142 Å². The van der Waals surface area contributed by atoms with Crippen LogP contribution in [0.4, 0.5) is 0 Å². The number of nitrogens with zero attached hydrogens (tertiary/aromatic N) is 3. The lowest BCUT2D eigenvalue weighted by atomic mass is 9.99. The molecular formula is C18H17N3O2S. The molecule has 0 saturated carbocycles. The highest BCUT2D eigenvalue weighted by Gasteiger charge is 2.17. The highest BCUT2D eigenvalue weighted by atomic mass is 32.2. The fraction of sp³-hybridized carbons (Fsp3) is 0.222. The third-order valence-corrected chi connectivity index (χ3v) is 4.71. The fourth-order valence-corrected chi connectivity index (χ4v) is 3.59. The third-order valence-electron chi connectivity index (χ3n) is 4.13. The summed E-state index contributed by atoms with van der Waals surface area (Å²) in [5.41, 5.74) is 5.69. The van der Waals surface area contributed by atoms with Crippen LogP contribution in [0.25, 0.3) is 16.6 Å². The van der Waals surface area contributed by atoms with E-state index in [1.54, 1.807) is 12.1 Å². The molecule has 0 aliphatic carbocycles. The van der Waals surface area contributed by atoms with Crippen LogP contribution in [0.1, 0.15) is 29.4 Å². The van der Waals surface area contributed by atoms with Crippen LogP contribution in [0.2, 0.25) is 0 Å². The van der Waals surface area contributed by atoms with Gasteiger partial charge in [0, 0.05) is 11.3 Å². The van der Waals surface area contributed by atoms with E-state index in [1.165, 1.54) is 0 Å². The summed E-state index contributed by atoms with van der Waals surface area (Å²) in [7, 11) is -2.56. The van der Waals surface area contributed by atoms with Crippen molar-refractivity contribution in [2.45, 2.75) is 26.0 Å². The zero-order valence-corrected chi connectivity index (χ0v) is 14.4. The Bertz CT molecular complexity index is 1020. The number of rotatable bonds is 4. The average molecular weight is 339 g/mol. The van der Waals surface area contributed by atoms with Crippen molar-refractivity contribution < 1.29 is 8.42 Å². The summed E-state index contributed by atoms with van der Waals surface area (Å²) >= 11 is 0. The van der Waals surface area contributed by atoms with Crippen molar-refractivity contribution in [1.29, 1.82) is 5.26 Å². The van der Waals surface area contributed by atoms with Crippen molar-refractivity contribution in [3.8, 4) is 17.2 Å². The topological polar surface area (TPSA) is 75.2 Å². The van der Waals surface area contributed by atoms with Crippen LogP contribution in [0, 0.1) is 18.3 Å². The molecule has 0 unspecified atom stereocenters. The van der Waals surface area contributed by atoms with Gasteiger partial charge in [-0.3, -0.25) is 0 Å². The van der Waals surface area contributed by atoms with Gasteiger partial charge in [-0.25, -0.2) is 12.9 Å². The smallest absolute Gasteiger partial charge is 0.144 e. The van der Waals surface area contributed by atoms with Gasteiger partial charge in [0.15, 0.2) is 0 Å². The molecule has 24 heavy (non-hydrogen) atoms. The second-order valence-electron chi connectivity index (χ2n) is 5.59. The van der Waals surface area contributed by atoms with E-state index in [2.05, 4.69) is 18.1 Å². The Morgan fingerprint density at radius 3 is 2.46 bits per heavy atom. The maximum atomic E-state index is 11.4. The number of benzene rings is 1. The highest BCUT2D eigenvalue weighted by Crippen LogP contribution is 2.32. The molecule has 1 aromatic carbocycles. The summed E-state index contributed by atoms with van der Waals surface area (Å²) in [6.07, 6.45) is 0.836. The second kappa shape index (κ2) is 6.46. The molecule has 0 N–H and O–H groups in total. The summed E-state index contributed by atoms with van der Waals surface area (Å²) in [5.74, 6) is -0.0490. The van der Waals surface area contributed by atoms with E-state index in [9.17, 15) is 8.42 Å². The van der Waals surface area contributed by atoms with Crippen LogP contribution < -0.4 is 0 Å². The normalized spacial score (nSPS) is 11.1. The molecule has 2 heterocycles. The summed E-state index contributed by atoms with van der Waals surface area (Å²) in [6, 6.07) is 13.3. The molecule has 6 heteroatoms. The van der Waals surface area contributed by atoms with Gasteiger partial charge in [0.25, 0.3) is 0 Å². The van der Waals surface area contributed by atoms with E-state index >= 15 is 0 Å². The monoisotopic (exact) mass is 339 g/mol. The summed E-state index contributed by atoms with van der Waals surface area (Å²) in [6.45, 7) is 3.89. The van der Waals surface area contributed by atoms with Crippen molar-refractivity contribution >= 4 is 16.2 Å². The Balaban J connectivity index is 2.36. The quantitative estimate of drug-likeness (QED) is 0.742. The lowest BCUT2D eigenvalue weighted by Gasteiger charge is -2.14. The third kappa shape index (κ3) is 2.79. The van der Waals surface area contributed by atoms with Gasteiger partial charge in [0.05, 0.1) is 28.6 Å². The first-order valence-electron chi connectivity index (χ1n) is 7.67. The number of hydrogen-bond donors (Lipinski definition) is 1. The van der Waals surface area contributed by atoms with Gasteiger partial charge in [-0.15, -0.1) is 0 Å². The number of thiol groups is 1. The minimum atomic E-state index is -2.56. The van der Waals surface area contributed by atoms with Crippen molar-refractivity contribution in [1.82, 2.24) is 9.61 Å². The van der Waals surface area contributed by atoms with Crippen LogP contribution in [0.15, 0.2) is 36.4 Å². The largest absolute Gasteiger partial charge is 0.237 e. The number of aryl methyl sites for hydroxylation is 2. The van der Waals surface area contributed by atoms with Crippen LogP contribution in [-0.4, -0.2) is 18.0 Å². The Hall–Kier alpha value is -2.65. The summed E-state index contributed by atoms with van der Waals surface area (Å²) in [5, 5.41) is 13.6. The van der Waals surface area contributed by atoms with E-state index in [1.807, 2.05) is 35.7 Å². The molecule has 0 bridgehead atoms. The molecule has 3 rings (SSSR count). The van der Waals surface area contributed by atoms with E-state index in [-0.39, 0.29) is 5.75 Å². The number of aromatic nitrogens is 2. The van der Waals surface area contributed by atoms with E-state index in [0.717, 1.165) is 28.8 Å². The predicted molar refractivity (Wildman–Crippen MR) is 93.5 cm³/mol. The van der Waals surface area contributed by atoms with Crippen LogP contribution in [-0.2, 0) is 22.9 Å². The second-order valence-corrected chi connectivity index (χ2v) is 6.58. The standard InChI is InChI=1S/C18H17N3O2S/c1-3-15-8-9-17-18(14-6-4-13(10-19)5-7-14)16(11-24(22)23)12(2)20-21(15)17/h4-9,24H,3,11H2,1-2H3. The molecule has 0 aliphatic heterocycles. The summed E-state index contributed by atoms with van der Waals surface area (Å²) < 4.78 is 24.6. The number of fused-ring (bicyclic) bond motifs is 1. The van der Waals surface area contributed by atoms with Crippen LogP contribution in [0.3, 0.4) is 0 Å². The van der Waals surface area contributed by atoms with Crippen molar-refractivity contribution in [3.63, 3.8) is 0 Å². The minimum absolute atomic E-state index is 0.0490. The number of nitriles is 1. The molecule has 122 valence electrons. The van der Waals surface area contributed by atoms with Gasteiger partial charge in [0.2, 0.25) is 0 Å². The zero-order valence-electron chi connectivity index (χ0n) is 13.5. The SMILES string of the molecule is CCc1ccc2c(-c3ccc(C#N)cc3)c(C[SH](=O)=O)c(C)nn12. The molecule has 3 aromatic rings. The fourth-order valence-electron chi connectivity index (χ4n) is 2.95. The minimum Gasteiger partial charge on any atom is -0.237 e. The Morgan fingerprint density at radius 2 is 1.88 bits per heavy atom. The molecule has 2 aromatic heterocycles. The van der Waals surface area contributed by atoms with Crippen LogP contribution in [0.5, 0.6) is 0 Å². The number of hydrogen-bond acceptors (Lipinski definition) is 4. The van der Waals surface area contributed by atoms with Gasteiger partial charge in [-0.05, 0) is 48.7 Å². The lowest BCUT2D eigenvalue weighted by molar-refractivity contribution is 0.613. The molecule has 5 nitrogen and oxygen atoms in total. The zero-order chi connectivity index (χ0) is 17.3. The van der Waals surface area contributed by atoms with E-state index < -0.39 is 10.7 Å². The van der Waals surface area contributed by atoms with Gasteiger partial charge < -0.3 is 0 Å². The maximum absolute atomic E-state index is 11.4.